The molecule has 0 aromatic rings. The number of nitrogens with one attached hydrogen (secondary N) is 1. The molecule has 0 aliphatic heterocycles. The van der Waals surface area contributed by atoms with Crippen LogP contribution >= 0.6 is 0 Å². The molecule has 76 valence electrons. The van der Waals surface area contributed by atoms with Crippen LogP contribution in [0, 0.1) is 5.92 Å². The summed E-state index contributed by atoms with van der Waals surface area (Å²) in [6.07, 6.45) is 1.04. The van der Waals surface area contributed by atoms with Crippen LogP contribution in [-0.2, 0) is 9.59 Å². The summed E-state index contributed by atoms with van der Waals surface area (Å²) in [5, 5.41) is 10.5. The Morgan fingerprint density at radius 1 is 1.54 bits per heavy atom. The topological polar surface area (TPSA) is 92.4 Å². The van der Waals surface area contributed by atoms with Gasteiger partial charge in [-0.15, -0.1) is 0 Å². The van der Waals surface area contributed by atoms with Gasteiger partial charge in [-0.1, -0.05) is 6.92 Å². The van der Waals surface area contributed by atoms with Crippen molar-refractivity contribution in [2.45, 2.75) is 19.8 Å². The average Bonchev–Trinajstić information content (AvgIpc) is 2.10. The van der Waals surface area contributed by atoms with Crippen LogP contribution in [0.25, 0.3) is 0 Å². The Kier molecular flexibility index (Phi) is 5.88. The Balaban J connectivity index is 3.46. The quantitative estimate of drug-likeness (QED) is 0.527. The molecular weight excluding hydrogens is 172 g/mol. The number of aliphatic carboxylic acids is 1. The summed E-state index contributed by atoms with van der Waals surface area (Å²) in [5.41, 5.74) is 5.35. The maximum absolute atomic E-state index is 11.0. The van der Waals surface area contributed by atoms with Gasteiger partial charge in [-0.05, 0) is 18.9 Å². The molecule has 0 heterocycles. The van der Waals surface area contributed by atoms with E-state index >= 15 is 0 Å². The number of carbonyl (C=O) groups excluding carboxylic acids is 1. The molecule has 13 heavy (non-hydrogen) atoms. The van der Waals surface area contributed by atoms with E-state index in [1.54, 1.807) is 0 Å². The highest BCUT2D eigenvalue weighted by molar-refractivity contribution is 5.80. The zero-order chi connectivity index (χ0) is 10.3. The third-order valence-corrected chi connectivity index (χ3v) is 1.70. The third-order valence-electron chi connectivity index (χ3n) is 1.70. The second kappa shape index (κ2) is 6.42. The number of hydrogen-bond acceptors (Lipinski definition) is 3. The van der Waals surface area contributed by atoms with E-state index in [0.29, 0.717) is 25.3 Å². The Morgan fingerprint density at radius 3 is 2.62 bits per heavy atom. The molecule has 0 saturated heterocycles. The number of amides is 1. The molecule has 5 nitrogen and oxygen atoms in total. The fourth-order valence-electron chi connectivity index (χ4n) is 0.758. The molecule has 0 bridgehead atoms. The first-order valence-corrected chi connectivity index (χ1v) is 4.24. The molecule has 0 aromatic heterocycles. The van der Waals surface area contributed by atoms with Gasteiger partial charge in [0.2, 0.25) is 5.91 Å². The van der Waals surface area contributed by atoms with Gasteiger partial charge in [-0.25, -0.2) is 0 Å². The number of carboxylic acids is 1. The minimum absolute atomic E-state index is 0.234. The molecule has 4 N–H and O–H groups in total. The predicted octanol–water partition coefficient (Wildman–Crippen LogP) is -0.438. The molecule has 0 rings (SSSR count). The van der Waals surface area contributed by atoms with Gasteiger partial charge in [-0.3, -0.25) is 9.59 Å². The Morgan fingerprint density at radius 2 is 2.15 bits per heavy atom. The van der Waals surface area contributed by atoms with Gasteiger partial charge in [0.15, 0.2) is 0 Å². The van der Waals surface area contributed by atoms with Gasteiger partial charge in [0.05, 0.1) is 0 Å². The smallest absolute Gasteiger partial charge is 0.322 e. The number of rotatable bonds is 6. The van der Waals surface area contributed by atoms with Crippen LogP contribution in [0.3, 0.4) is 0 Å². The fourth-order valence-corrected chi connectivity index (χ4v) is 0.758. The summed E-state index contributed by atoms with van der Waals surface area (Å²) in [4.78, 5) is 21.0. The second-order valence-corrected chi connectivity index (χ2v) is 3.05. The summed E-state index contributed by atoms with van der Waals surface area (Å²) in [6.45, 7) is 2.19. The maximum Gasteiger partial charge on any atom is 0.322 e. The standard InChI is InChI=1S/C8H16N2O3/c1-6(4-9)2-3-7(11)10-5-8(12)13/h6H,2-5,9H2,1H3,(H,10,11)(H,12,13). The molecule has 1 atom stereocenters. The number of carboxylic acid groups (broad SMARTS) is 1. The molecule has 0 aliphatic rings. The van der Waals surface area contributed by atoms with Crippen molar-refractivity contribution in [1.82, 2.24) is 5.32 Å². The summed E-state index contributed by atoms with van der Waals surface area (Å²) < 4.78 is 0. The van der Waals surface area contributed by atoms with Crippen molar-refractivity contribution in [3.05, 3.63) is 0 Å². The van der Waals surface area contributed by atoms with Crippen molar-refractivity contribution in [3.63, 3.8) is 0 Å². The molecule has 1 unspecified atom stereocenters. The Bertz CT molecular complexity index is 182. The van der Waals surface area contributed by atoms with Gasteiger partial charge >= 0.3 is 5.97 Å². The molecule has 0 fully saturated rings. The predicted molar refractivity (Wildman–Crippen MR) is 48.1 cm³/mol. The lowest BCUT2D eigenvalue weighted by Gasteiger charge is -2.07. The molecule has 0 radical (unpaired) electrons. The minimum atomic E-state index is -1.03. The first-order chi connectivity index (χ1) is 6.06. The lowest BCUT2D eigenvalue weighted by atomic mass is 10.1. The largest absolute Gasteiger partial charge is 0.480 e. The molecule has 1 amide bonds. The number of carbonyl (C=O) groups is 2. The molecule has 5 heteroatoms. The monoisotopic (exact) mass is 188 g/mol. The van der Waals surface area contributed by atoms with E-state index < -0.39 is 5.97 Å². The summed E-state index contributed by atoms with van der Waals surface area (Å²) in [6, 6.07) is 0. The zero-order valence-corrected chi connectivity index (χ0v) is 7.75. The van der Waals surface area contributed by atoms with E-state index in [9.17, 15) is 9.59 Å². The van der Waals surface area contributed by atoms with Crippen LogP contribution in [0.15, 0.2) is 0 Å². The van der Waals surface area contributed by atoms with Gasteiger partial charge in [0.25, 0.3) is 0 Å². The second-order valence-electron chi connectivity index (χ2n) is 3.05. The third kappa shape index (κ3) is 7.27. The first-order valence-electron chi connectivity index (χ1n) is 4.24. The van der Waals surface area contributed by atoms with Crippen LogP contribution < -0.4 is 11.1 Å². The van der Waals surface area contributed by atoms with Gasteiger partial charge in [0, 0.05) is 6.42 Å². The summed E-state index contributed by atoms with van der Waals surface area (Å²) in [5.74, 6) is -0.960. The highest BCUT2D eigenvalue weighted by Crippen LogP contribution is 2.02. The molecular formula is C8H16N2O3. The molecule has 0 aliphatic carbocycles. The molecule has 0 aromatic carbocycles. The highest BCUT2D eigenvalue weighted by Gasteiger charge is 2.06. The first kappa shape index (κ1) is 11.9. The molecule has 0 spiro atoms. The number of nitrogens with two attached hydrogens (primary N) is 1. The summed E-state index contributed by atoms with van der Waals surface area (Å²) in [7, 11) is 0. The van der Waals surface area contributed by atoms with Gasteiger partial charge < -0.3 is 16.2 Å². The van der Waals surface area contributed by atoms with E-state index in [0.717, 1.165) is 0 Å². The minimum Gasteiger partial charge on any atom is -0.480 e. The van der Waals surface area contributed by atoms with Crippen molar-refractivity contribution in [2.24, 2.45) is 11.7 Å². The Hall–Kier alpha value is -1.10. The zero-order valence-electron chi connectivity index (χ0n) is 7.75. The van der Waals surface area contributed by atoms with Crippen LogP contribution in [0.5, 0.6) is 0 Å². The summed E-state index contributed by atoms with van der Waals surface area (Å²) >= 11 is 0. The normalized spacial score (nSPS) is 12.2. The van der Waals surface area contributed by atoms with Crippen LogP contribution in [0.4, 0.5) is 0 Å². The lowest BCUT2D eigenvalue weighted by Crippen LogP contribution is -2.29. The molecule has 0 saturated carbocycles. The number of hydrogen-bond donors (Lipinski definition) is 3. The van der Waals surface area contributed by atoms with E-state index in [1.807, 2.05) is 6.92 Å². The highest BCUT2D eigenvalue weighted by atomic mass is 16.4. The van der Waals surface area contributed by atoms with Crippen molar-refractivity contribution in [1.29, 1.82) is 0 Å². The van der Waals surface area contributed by atoms with E-state index in [1.165, 1.54) is 0 Å². The van der Waals surface area contributed by atoms with E-state index in [-0.39, 0.29) is 12.5 Å². The van der Waals surface area contributed by atoms with E-state index in [2.05, 4.69) is 5.32 Å². The van der Waals surface area contributed by atoms with Crippen molar-refractivity contribution in [3.8, 4) is 0 Å². The van der Waals surface area contributed by atoms with E-state index in [4.69, 9.17) is 10.8 Å². The van der Waals surface area contributed by atoms with Crippen molar-refractivity contribution in [2.75, 3.05) is 13.1 Å². The SMILES string of the molecule is CC(CN)CCC(=O)NCC(=O)O. The average molecular weight is 188 g/mol. The van der Waals surface area contributed by atoms with Crippen LogP contribution in [0.2, 0.25) is 0 Å². The Labute approximate surface area is 77.3 Å². The van der Waals surface area contributed by atoms with Crippen LogP contribution in [-0.4, -0.2) is 30.1 Å². The van der Waals surface area contributed by atoms with Crippen LogP contribution in [0.1, 0.15) is 19.8 Å². The van der Waals surface area contributed by atoms with Gasteiger partial charge in [0.1, 0.15) is 6.54 Å². The maximum atomic E-state index is 11.0. The van der Waals surface area contributed by atoms with Gasteiger partial charge in [-0.2, -0.15) is 0 Å². The lowest BCUT2D eigenvalue weighted by molar-refractivity contribution is -0.138. The fraction of sp³-hybridized carbons (Fsp3) is 0.750. The van der Waals surface area contributed by atoms with Crippen molar-refractivity contribution < 1.29 is 14.7 Å². The van der Waals surface area contributed by atoms with Crippen molar-refractivity contribution >= 4 is 11.9 Å².